The van der Waals surface area contributed by atoms with Crippen molar-refractivity contribution in [2.24, 2.45) is 5.84 Å². The molecule has 8 heteroatoms. The summed E-state index contributed by atoms with van der Waals surface area (Å²) in [7, 11) is 0. The average molecular weight is 245 g/mol. The van der Waals surface area contributed by atoms with Crippen LogP contribution >= 0.6 is 0 Å². The zero-order valence-electron chi connectivity index (χ0n) is 9.04. The van der Waals surface area contributed by atoms with Gasteiger partial charge in [-0.05, 0) is 0 Å². The molecular weight excluding hydrogens is 232 g/mol. The molecule has 1 fully saturated rings. The molecule has 0 amide bonds. The molecule has 6 nitrogen and oxygen atoms in total. The number of nitrogens with two attached hydrogens (primary N) is 1. The lowest BCUT2D eigenvalue weighted by molar-refractivity contribution is 0.0493. The van der Waals surface area contributed by atoms with Crippen molar-refractivity contribution in [1.29, 1.82) is 0 Å². The van der Waals surface area contributed by atoms with Gasteiger partial charge >= 0.3 is 0 Å². The summed E-state index contributed by atoms with van der Waals surface area (Å²) in [6.07, 6.45) is 0. The molecule has 0 radical (unpaired) electrons. The van der Waals surface area contributed by atoms with Crippen molar-refractivity contribution in [2.75, 3.05) is 37.2 Å². The Hall–Kier alpha value is -1.51. The number of pyridine rings is 1. The molecule has 0 bridgehead atoms. The summed E-state index contributed by atoms with van der Waals surface area (Å²) in [5.41, 5.74) is 4.82. The molecule has 1 aliphatic rings. The number of aromatic nitrogens is 1. The summed E-state index contributed by atoms with van der Waals surface area (Å²) in [6.45, 7) is 2.31. The summed E-state index contributed by atoms with van der Waals surface area (Å²) >= 11 is 0. The van der Waals surface area contributed by atoms with Gasteiger partial charge in [0.15, 0.2) is 23.3 Å². The number of anilines is 2. The number of hydrogen-bond acceptors (Lipinski definition) is 6. The molecule has 0 atom stereocenters. The minimum absolute atomic E-state index is 0.0683. The summed E-state index contributed by atoms with van der Waals surface area (Å²) in [5.74, 6) is 3.19. The minimum Gasteiger partial charge on any atom is -0.379 e. The second-order valence-electron chi connectivity index (χ2n) is 3.50. The quantitative estimate of drug-likeness (QED) is 0.525. The summed E-state index contributed by atoms with van der Waals surface area (Å²) in [6, 6.07) is 0.727. The second-order valence-corrected chi connectivity index (χ2v) is 3.50. The van der Waals surface area contributed by atoms with Crippen molar-refractivity contribution < 1.29 is 13.5 Å². The molecule has 0 saturated carbocycles. The fraction of sp³-hybridized carbons (Fsp3) is 0.444. The summed E-state index contributed by atoms with van der Waals surface area (Å²) in [5, 5.41) is 1.74. The standard InChI is InChI=1S/C9H13F2N5O/c10-6-5-7(11)9(13-8(6)14-12)15-16-1-3-17-4-2-16/h5H,1-4,12H2,(H2,13,14,15). The highest BCUT2D eigenvalue weighted by molar-refractivity contribution is 5.46. The molecule has 4 N–H and O–H groups in total. The molecule has 1 aromatic heterocycles. The summed E-state index contributed by atoms with van der Waals surface area (Å²) in [4.78, 5) is 3.70. The van der Waals surface area contributed by atoms with Gasteiger partial charge in [-0.15, -0.1) is 0 Å². The van der Waals surface area contributed by atoms with Gasteiger partial charge in [0.2, 0.25) is 0 Å². The molecule has 1 aromatic rings. The second kappa shape index (κ2) is 5.21. The first-order valence-corrected chi connectivity index (χ1v) is 5.12. The number of hydrogen-bond donors (Lipinski definition) is 3. The van der Waals surface area contributed by atoms with Gasteiger partial charge in [-0.3, -0.25) is 0 Å². The van der Waals surface area contributed by atoms with E-state index in [1.54, 1.807) is 5.01 Å². The van der Waals surface area contributed by atoms with Crippen molar-refractivity contribution in [3.8, 4) is 0 Å². The monoisotopic (exact) mass is 245 g/mol. The number of rotatable bonds is 3. The van der Waals surface area contributed by atoms with Gasteiger partial charge in [0, 0.05) is 19.2 Å². The Morgan fingerprint density at radius 2 is 1.88 bits per heavy atom. The van der Waals surface area contributed by atoms with E-state index in [1.807, 2.05) is 0 Å². The first kappa shape index (κ1) is 12.0. The first-order valence-electron chi connectivity index (χ1n) is 5.12. The van der Waals surface area contributed by atoms with E-state index in [9.17, 15) is 8.78 Å². The third-order valence-electron chi connectivity index (χ3n) is 2.34. The van der Waals surface area contributed by atoms with E-state index in [4.69, 9.17) is 10.6 Å². The van der Waals surface area contributed by atoms with Gasteiger partial charge in [-0.2, -0.15) is 0 Å². The number of hydrazine groups is 2. The Kier molecular flexibility index (Phi) is 3.67. The molecule has 0 aromatic carbocycles. The van der Waals surface area contributed by atoms with Crippen LogP contribution in [0.1, 0.15) is 0 Å². The van der Waals surface area contributed by atoms with Crippen LogP contribution < -0.4 is 16.7 Å². The SMILES string of the molecule is NNc1nc(NN2CCOCC2)c(F)cc1F. The van der Waals surface area contributed by atoms with Crippen LogP contribution in [0.15, 0.2) is 6.07 Å². The lowest BCUT2D eigenvalue weighted by atomic mass is 10.4. The predicted octanol–water partition coefficient (Wildman–Crippen LogP) is 0.304. The van der Waals surface area contributed by atoms with Crippen LogP contribution in [-0.2, 0) is 4.74 Å². The van der Waals surface area contributed by atoms with E-state index in [2.05, 4.69) is 15.8 Å². The lowest BCUT2D eigenvalue weighted by Crippen LogP contribution is -2.40. The number of nitrogens with zero attached hydrogens (tertiary/aromatic N) is 2. The first-order chi connectivity index (χ1) is 8.20. The Morgan fingerprint density at radius 1 is 1.24 bits per heavy atom. The highest BCUT2D eigenvalue weighted by Gasteiger charge is 2.15. The van der Waals surface area contributed by atoms with Crippen molar-refractivity contribution in [1.82, 2.24) is 9.99 Å². The van der Waals surface area contributed by atoms with Crippen LogP contribution in [0.4, 0.5) is 20.4 Å². The number of nitrogens with one attached hydrogen (secondary N) is 2. The van der Waals surface area contributed by atoms with Crippen molar-refractivity contribution >= 4 is 11.6 Å². The predicted molar refractivity (Wildman–Crippen MR) is 58.0 cm³/mol. The Labute approximate surface area is 96.7 Å². The van der Waals surface area contributed by atoms with Crippen LogP contribution in [0, 0.1) is 11.6 Å². The molecular formula is C9H13F2N5O. The Bertz CT molecular complexity index is 397. The third-order valence-corrected chi connectivity index (χ3v) is 2.34. The van der Waals surface area contributed by atoms with Crippen molar-refractivity contribution in [2.45, 2.75) is 0 Å². The normalized spacial score (nSPS) is 16.9. The fourth-order valence-electron chi connectivity index (χ4n) is 1.47. The largest absolute Gasteiger partial charge is 0.379 e. The molecule has 0 aliphatic carbocycles. The number of morpholine rings is 1. The zero-order valence-corrected chi connectivity index (χ0v) is 9.04. The maximum absolute atomic E-state index is 13.4. The van der Waals surface area contributed by atoms with Crippen LogP contribution in [0.3, 0.4) is 0 Å². The van der Waals surface area contributed by atoms with Gasteiger partial charge in [-0.1, -0.05) is 0 Å². The van der Waals surface area contributed by atoms with Crippen molar-refractivity contribution in [3.05, 3.63) is 17.7 Å². The third kappa shape index (κ3) is 2.78. The smallest absolute Gasteiger partial charge is 0.179 e. The van der Waals surface area contributed by atoms with Gasteiger partial charge < -0.3 is 15.6 Å². The van der Waals surface area contributed by atoms with E-state index in [-0.39, 0.29) is 11.6 Å². The van der Waals surface area contributed by atoms with Gasteiger partial charge in [0.25, 0.3) is 0 Å². The molecule has 17 heavy (non-hydrogen) atoms. The molecule has 2 rings (SSSR count). The number of halogens is 2. The molecule has 1 saturated heterocycles. The van der Waals surface area contributed by atoms with E-state index >= 15 is 0 Å². The highest BCUT2D eigenvalue weighted by Crippen LogP contribution is 2.18. The van der Waals surface area contributed by atoms with Crippen LogP contribution in [0.25, 0.3) is 0 Å². The van der Waals surface area contributed by atoms with Crippen LogP contribution in [0.2, 0.25) is 0 Å². The highest BCUT2D eigenvalue weighted by atomic mass is 19.1. The van der Waals surface area contributed by atoms with Crippen molar-refractivity contribution in [3.63, 3.8) is 0 Å². The van der Waals surface area contributed by atoms with Crippen LogP contribution in [-0.4, -0.2) is 36.3 Å². The Balaban J connectivity index is 2.13. The minimum atomic E-state index is -0.836. The van der Waals surface area contributed by atoms with E-state index in [0.29, 0.717) is 26.3 Å². The van der Waals surface area contributed by atoms with Gasteiger partial charge in [0.1, 0.15) is 0 Å². The topological polar surface area (TPSA) is 75.4 Å². The number of ether oxygens (including phenoxy) is 1. The van der Waals surface area contributed by atoms with E-state index in [1.165, 1.54) is 0 Å². The van der Waals surface area contributed by atoms with Gasteiger partial charge in [-0.25, -0.2) is 24.6 Å². The van der Waals surface area contributed by atoms with Gasteiger partial charge in [0.05, 0.1) is 13.2 Å². The maximum atomic E-state index is 13.4. The maximum Gasteiger partial charge on any atom is 0.179 e. The number of nitrogen functional groups attached to an aromatic ring is 1. The molecule has 0 spiro atoms. The fourth-order valence-corrected chi connectivity index (χ4v) is 1.47. The molecule has 94 valence electrons. The molecule has 0 unspecified atom stereocenters. The molecule has 2 heterocycles. The average Bonchev–Trinajstić information content (AvgIpc) is 2.34. The zero-order chi connectivity index (χ0) is 12.3. The van der Waals surface area contributed by atoms with Crippen LogP contribution in [0.5, 0.6) is 0 Å². The molecule has 1 aliphatic heterocycles. The lowest BCUT2D eigenvalue weighted by Gasteiger charge is -2.27. The summed E-state index contributed by atoms with van der Waals surface area (Å²) < 4.78 is 31.7. The van der Waals surface area contributed by atoms with E-state index in [0.717, 1.165) is 6.07 Å². The van der Waals surface area contributed by atoms with E-state index < -0.39 is 11.6 Å². The Morgan fingerprint density at radius 3 is 2.53 bits per heavy atom.